The van der Waals surface area contributed by atoms with Crippen molar-refractivity contribution in [2.75, 3.05) is 5.75 Å². The van der Waals surface area contributed by atoms with Crippen molar-refractivity contribution in [2.24, 2.45) is 5.92 Å². The molecule has 3 rings (SSSR count). The Morgan fingerprint density at radius 2 is 2.25 bits per heavy atom. The molecule has 2 heterocycles. The molecule has 20 heavy (non-hydrogen) atoms. The van der Waals surface area contributed by atoms with Crippen LogP contribution in [-0.2, 0) is 21.2 Å². The summed E-state index contributed by atoms with van der Waals surface area (Å²) >= 11 is 0. The van der Waals surface area contributed by atoms with Gasteiger partial charge in [-0.15, -0.1) is 0 Å². The van der Waals surface area contributed by atoms with Crippen molar-refractivity contribution >= 4 is 15.7 Å². The minimum atomic E-state index is -3.10. The Morgan fingerprint density at radius 3 is 2.90 bits per heavy atom. The van der Waals surface area contributed by atoms with E-state index in [1.54, 1.807) is 6.08 Å². The molecule has 0 bridgehead atoms. The Morgan fingerprint density at radius 1 is 1.45 bits per heavy atom. The Kier molecular flexibility index (Phi) is 3.37. The fourth-order valence-electron chi connectivity index (χ4n) is 2.24. The first-order chi connectivity index (χ1) is 9.52. The monoisotopic (exact) mass is 296 g/mol. The maximum Gasteiger partial charge on any atom is 0.220 e. The molecule has 1 saturated carbocycles. The van der Waals surface area contributed by atoms with Crippen LogP contribution in [0.4, 0.5) is 0 Å². The highest BCUT2D eigenvalue weighted by Gasteiger charge is 2.28. The third kappa shape index (κ3) is 3.27. The van der Waals surface area contributed by atoms with E-state index in [1.165, 1.54) is 5.41 Å². The molecule has 1 aliphatic heterocycles. The van der Waals surface area contributed by atoms with Crippen LogP contribution in [0.2, 0.25) is 0 Å². The van der Waals surface area contributed by atoms with Gasteiger partial charge in [-0.3, -0.25) is 4.79 Å². The van der Waals surface area contributed by atoms with Gasteiger partial charge in [0.1, 0.15) is 11.5 Å². The minimum absolute atomic E-state index is 0.0240. The molecular formula is C13H16N2O4S. The van der Waals surface area contributed by atoms with Gasteiger partial charge in [-0.1, -0.05) is 11.2 Å². The maximum atomic E-state index is 11.7. The van der Waals surface area contributed by atoms with E-state index in [0.29, 0.717) is 18.2 Å². The highest BCUT2D eigenvalue weighted by molar-refractivity contribution is 7.94. The van der Waals surface area contributed by atoms with E-state index in [2.05, 4.69) is 10.5 Å². The molecule has 1 unspecified atom stereocenters. The van der Waals surface area contributed by atoms with Crippen LogP contribution >= 0.6 is 0 Å². The number of aromatic nitrogens is 1. The lowest BCUT2D eigenvalue weighted by atomic mass is 10.1. The Bertz CT molecular complexity index is 643. The van der Waals surface area contributed by atoms with Crippen LogP contribution in [0, 0.1) is 5.92 Å². The number of nitrogens with zero attached hydrogens (tertiary/aromatic N) is 1. The number of carbonyl (C=O) groups is 1. The van der Waals surface area contributed by atoms with Crippen LogP contribution < -0.4 is 5.32 Å². The van der Waals surface area contributed by atoms with Crippen molar-refractivity contribution in [1.29, 1.82) is 0 Å². The smallest absolute Gasteiger partial charge is 0.220 e. The van der Waals surface area contributed by atoms with Crippen LogP contribution in [0.3, 0.4) is 0 Å². The zero-order valence-corrected chi connectivity index (χ0v) is 11.7. The first kappa shape index (κ1) is 13.4. The third-order valence-corrected chi connectivity index (χ3v) is 4.94. The van der Waals surface area contributed by atoms with Gasteiger partial charge in [-0.25, -0.2) is 8.42 Å². The molecular weight excluding hydrogens is 280 g/mol. The zero-order chi connectivity index (χ0) is 14.2. The quantitative estimate of drug-likeness (QED) is 0.879. The number of sulfone groups is 1. The van der Waals surface area contributed by atoms with Crippen LogP contribution in [0.1, 0.15) is 36.6 Å². The SMILES string of the molecule is O=C(CC1C=CS(=O)(=O)C1)NCc1cc(C2CC2)on1. The van der Waals surface area contributed by atoms with E-state index >= 15 is 0 Å². The van der Waals surface area contributed by atoms with Gasteiger partial charge in [0, 0.05) is 29.7 Å². The lowest BCUT2D eigenvalue weighted by Gasteiger charge is -2.06. The maximum absolute atomic E-state index is 11.7. The van der Waals surface area contributed by atoms with Crippen molar-refractivity contribution < 1.29 is 17.7 Å². The molecule has 0 spiro atoms. The molecule has 6 nitrogen and oxygen atoms in total. The number of amides is 1. The lowest BCUT2D eigenvalue weighted by molar-refractivity contribution is -0.121. The van der Waals surface area contributed by atoms with Crippen molar-refractivity contribution in [3.05, 3.63) is 29.0 Å². The molecule has 0 saturated heterocycles. The summed E-state index contributed by atoms with van der Waals surface area (Å²) in [7, 11) is -3.10. The fourth-order valence-corrected chi connectivity index (χ4v) is 3.64. The number of allylic oxidation sites excluding steroid dienone is 1. The Hall–Kier alpha value is -1.63. The van der Waals surface area contributed by atoms with Crippen molar-refractivity contribution in [3.63, 3.8) is 0 Å². The van der Waals surface area contributed by atoms with Crippen LogP contribution in [0.15, 0.2) is 22.1 Å². The van der Waals surface area contributed by atoms with Crippen LogP contribution in [-0.4, -0.2) is 25.2 Å². The van der Waals surface area contributed by atoms with Gasteiger partial charge in [0.2, 0.25) is 5.91 Å². The summed E-state index contributed by atoms with van der Waals surface area (Å²) in [5, 5.41) is 7.83. The average Bonchev–Trinajstić information content (AvgIpc) is 3.03. The van der Waals surface area contributed by atoms with Gasteiger partial charge in [0.25, 0.3) is 0 Å². The first-order valence-electron chi connectivity index (χ1n) is 6.65. The van der Waals surface area contributed by atoms with Gasteiger partial charge in [0.15, 0.2) is 9.84 Å². The minimum Gasteiger partial charge on any atom is -0.361 e. The van der Waals surface area contributed by atoms with E-state index in [9.17, 15) is 13.2 Å². The largest absolute Gasteiger partial charge is 0.361 e. The molecule has 1 N–H and O–H groups in total. The van der Waals surface area contributed by atoms with Gasteiger partial charge in [0.05, 0.1) is 12.3 Å². The second-order valence-corrected chi connectivity index (χ2v) is 7.33. The summed E-state index contributed by atoms with van der Waals surface area (Å²) < 4.78 is 27.7. The van der Waals surface area contributed by atoms with Crippen molar-refractivity contribution in [1.82, 2.24) is 10.5 Å². The van der Waals surface area contributed by atoms with E-state index in [1.807, 2.05) is 6.07 Å². The molecule has 108 valence electrons. The van der Waals surface area contributed by atoms with E-state index < -0.39 is 9.84 Å². The second kappa shape index (κ2) is 5.05. The topological polar surface area (TPSA) is 89.3 Å². The van der Waals surface area contributed by atoms with E-state index in [-0.39, 0.29) is 24.0 Å². The molecule has 0 radical (unpaired) electrons. The summed E-state index contributed by atoms with van der Waals surface area (Å²) in [5.41, 5.74) is 0.704. The summed E-state index contributed by atoms with van der Waals surface area (Å²) in [5.74, 6) is 1.02. The molecule has 1 atom stereocenters. The predicted octanol–water partition coefficient (Wildman–Crippen LogP) is 1.12. The second-order valence-electron chi connectivity index (χ2n) is 5.39. The molecule has 1 aliphatic carbocycles. The molecule has 7 heteroatoms. The zero-order valence-electron chi connectivity index (χ0n) is 10.9. The molecule has 1 aromatic rings. The van der Waals surface area contributed by atoms with Gasteiger partial charge in [-0.2, -0.15) is 0 Å². The van der Waals surface area contributed by atoms with E-state index in [0.717, 1.165) is 18.6 Å². The highest BCUT2D eigenvalue weighted by atomic mass is 32.2. The predicted molar refractivity (Wildman–Crippen MR) is 71.4 cm³/mol. The number of hydrogen-bond acceptors (Lipinski definition) is 5. The average molecular weight is 296 g/mol. The van der Waals surface area contributed by atoms with Gasteiger partial charge < -0.3 is 9.84 Å². The lowest BCUT2D eigenvalue weighted by Crippen LogP contribution is -2.25. The van der Waals surface area contributed by atoms with Gasteiger partial charge >= 0.3 is 0 Å². The van der Waals surface area contributed by atoms with Crippen LogP contribution in [0.25, 0.3) is 0 Å². The summed E-state index contributed by atoms with van der Waals surface area (Å²) in [4.78, 5) is 11.7. The first-order valence-corrected chi connectivity index (χ1v) is 8.36. The third-order valence-electron chi connectivity index (χ3n) is 3.48. The number of nitrogens with one attached hydrogen (secondary N) is 1. The summed E-state index contributed by atoms with van der Waals surface area (Å²) in [6.07, 6.45) is 4.05. The summed E-state index contributed by atoms with van der Waals surface area (Å²) in [6, 6.07) is 1.87. The Balaban J connectivity index is 1.46. The number of rotatable bonds is 5. The number of hydrogen-bond donors (Lipinski definition) is 1. The molecule has 2 aliphatic rings. The Labute approximate surface area is 117 Å². The van der Waals surface area contributed by atoms with Crippen molar-refractivity contribution in [3.8, 4) is 0 Å². The van der Waals surface area contributed by atoms with Crippen molar-refractivity contribution in [2.45, 2.75) is 31.7 Å². The molecule has 1 aromatic heterocycles. The van der Waals surface area contributed by atoms with E-state index in [4.69, 9.17) is 4.52 Å². The standard InChI is InChI=1S/C13H16N2O4S/c16-13(5-9-3-4-20(17,18)8-9)14-7-11-6-12(19-15-11)10-1-2-10/h3-4,6,9-10H,1-2,5,7-8H2,(H,14,16). The van der Waals surface area contributed by atoms with Gasteiger partial charge in [-0.05, 0) is 12.8 Å². The fraction of sp³-hybridized carbons (Fsp3) is 0.538. The molecule has 0 aromatic carbocycles. The number of carbonyl (C=O) groups excluding carboxylic acids is 1. The normalized spacial score (nSPS) is 23.9. The highest BCUT2D eigenvalue weighted by Crippen LogP contribution is 2.40. The molecule has 1 amide bonds. The molecule has 1 fully saturated rings. The summed E-state index contributed by atoms with van der Waals surface area (Å²) in [6.45, 7) is 0.318. The van der Waals surface area contributed by atoms with Crippen LogP contribution in [0.5, 0.6) is 0 Å².